The molecule has 124 valence electrons. The van der Waals surface area contributed by atoms with Crippen LogP contribution in [0.5, 0.6) is 5.75 Å². The molecule has 0 fully saturated rings. The molecule has 1 aromatic carbocycles. The number of carbonyl (C=O) groups excluding carboxylic acids is 1. The minimum Gasteiger partial charge on any atom is -0.457 e. The Morgan fingerprint density at radius 1 is 1.05 bits per heavy atom. The quantitative estimate of drug-likeness (QED) is 0.615. The fourth-order valence-electron chi connectivity index (χ4n) is 2.16. The highest BCUT2D eigenvalue weighted by Gasteiger charge is 2.20. The lowest BCUT2D eigenvalue weighted by Gasteiger charge is -2.20. The van der Waals surface area contributed by atoms with Gasteiger partial charge in [-0.1, -0.05) is 59.7 Å². The summed E-state index contributed by atoms with van der Waals surface area (Å²) in [5, 5.41) is 0. The molecule has 0 heterocycles. The number of ether oxygens (including phenoxy) is 2. The molecule has 0 aromatic heterocycles. The molecule has 0 saturated heterocycles. The minimum atomic E-state index is -0.617. The predicted octanol–water partition coefficient (Wildman–Crippen LogP) is 3.80. The van der Waals surface area contributed by atoms with Gasteiger partial charge in [0.25, 0.3) is 0 Å². The average Bonchev–Trinajstić information content (AvgIpc) is 2.45. The van der Waals surface area contributed by atoms with Gasteiger partial charge in [0.2, 0.25) is 6.79 Å². The molecule has 2 N–H and O–H groups in total. The molecule has 0 amide bonds. The molecule has 0 bridgehead atoms. The van der Waals surface area contributed by atoms with Gasteiger partial charge < -0.3 is 15.2 Å². The van der Waals surface area contributed by atoms with E-state index in [1.54, 1.807) is 0 Å². The van der Waals surface area contributed by atoms with Crippen molar-refractivity contribution in [3.8, 4) is 5.75 Å². The van der Waals surface area contributed by atoms with Crippen LogP contribution in [0.3, 0.4) is 0 Å². The van der Waals surface area contributed by atoms with E-state index in [1.807, 2.05) is 32.0 Å². The fraction of sp³-hybridized carbons (Fsp3) is 0.611. The normalized spacial score (nSPS) is 12.8. The van der Waals surface area contributed by atoms with Crippen LogP contribution in [0.4, 0.5) is 0 Å². The highest BCUT2D eigenvalue weighted by Crippen LogP contribution is 2.34. The van der Waals surface area contributed by atoms with Crippen molar-refractivity contribution in [2.45, 2.75) is 59.4 Å². The van der Waals surface area contributed by atoms with Crippen molar-refractivity contribution in [3.05, 3.63) is 29.3 Å². The van der Waals surface area contributed by atoms with Gasteiger partial charge in [-0.3, -0.25) is 4.79 Å². The molecule has 0 aliphatic carbocycles. The number of hydrogen-bond donors (Lipinski definition) is 1. The number of para-hydroxylation sites is 1. The lowest BCUT2D eigenvalue weighted by atomic mass is 9.94. The third-order valence-electron chi connectivity index (χ3n) is 3.71. The first-order chi connectivity index (χ1) is 10.3. The van der Waals surface area contributed by atoms with Gasteiger partial charge in [0, 0.05) is 0 Å². The van der Waals surface area contributed by atoms with Crippen molar-refractivity contribution >= 4 is 5.97 Å². The maximum atomic E-state index is 11.8. The minimum absolute atomic E-state index is 0.0432. The largest absolute Gasteiger partial charge is 0.457 e. The number of benzene rings is 1. The van der Waals surface area contributed by atoms with Crippen LogP contribution in [0.1, 0.15) is 64.5 Å². The van der Waals surface area contributed by atoms with E-state index in [1.165, 1.54) is 0 Å². The van der Waals surface area contributed by atoms with Crippen molar-refractivity contribution < 1.29 is 14.3 Å². The van der Waals surface area contributed by atoms with Crippen LogP contribution in [-0.2, 0) is 9.53 Å². The van der Waals surface area contributed by atoms with Gasteiger partial charge >= 0.3 is 5.97 Å². The summed E-state index contributed by atoms with van der Waals surface area (Å²) in [6.45, 7) is 12.1. The maximum Gasteiger partial charge on any atom is 0.326 e. The lowest BCUT2D eigenvalue weighted by molar-refractivity contribution is -0.152. The van der Waals surface area contributed by atoms with E-state index in [2.05, 4.69) is 27.7 Å². The van der Waals surface area contributed by atoms with Crippen LogP contribution in [0, 0.1) is 5.92 Å². The Morgan fingerprint density at radius 3 is 1.95 bits per heavy atom. The molecule has 4 nitrogen and oxygen atoms in total. The maximum absolute atomic E-state index is 11.8. The van der Waals surface area contributed by atoms with Crippen molar-refractivity contribution in [2.75, 3.05) is 6.79 Å². The van der Waals surface area contributed by atoms with Crippen LogP contribution in [0.2, 0.25) is 0 Å². The highest BCUT2D eigenvalue weighted by molar-refractivity contribution is 5.75. The van der Waals surface area contributed by atoms with Crippen molar-refractivity contribution in [1.82, 2.24) is 0 Å². The summed E-state index contributed by atoms with van der Waals surface area (Å²) in [5.74, 6) is 1.10. The van der Waals surface area contributed by atoms with Crippen molar-refractivity contribution in [2.24, 2.45) is 11.7 Å². The number of esters is 1. The summed E-state index contributed by atoms with van der Waals surface area (Å²) in [4.78, 5) is 11.8. The molecule has 0 spiro atoms. The van der Waals surface area contributed by atoms with Crippen molar-refractivity contribution in [1.29, 1.82) is 0 Å². The van der Waals surface area contributed by atoms with E-state index in [4.69, 9.17) is 15.2 Å². The summed E-state index contributed by atoms with van der Waals surface area (Å²) in [6, 6.07) is 5.52. The molecule has 1 atom stereocenters. The van der Waals surface area contributed by atoms with E-state index >= 15 is 0 Å². The standard InChI is InChI=1S/C18H29NO3/c1-11(2)14-8-7-9-15(12(3)4)17(14)21-10-22-18(20)16(19)13(5)6/h7-9,11-13,16H,10,19H2,1-6H3/t16-/m0/s1. The Bertz CT molecular complexity index is 469. The monoisotopic (exact) mass is 307 g/mol. The van der Waals surface area contributed by atoms with Gasteiger partial charge in [-0.2, -0.15) is 0 Å². The van der Waals surface area contributed by atoms with Crippen LogP contribution in [-0.4, -0.2) is 18.8 Å². The topological polar surface area (TPSA) is 61.5 Å². The number of hydrogen-bond acceptors (Lipinski definition) is 4. The summed E-state index contributed by atoms with van der Waals surface area (Å²) in [5.41, 5.74) is 8.01. The molecule has 4 heteroatoms. The molecular formula is C18H29NO3. The second-order valence-electron chi connectivity index (χ2n) is 6.57. The summed E-state index contributed by atoms with van der Waals surface area (Å²) >= 11 is 0. The third kappa shape index (κ3) is 4.73. The van der Waals surface area contributed by atoms with E-state index in [0.29, 0.717) is 11.8 Å². The Kier molecular flexibility index (Phi) is 6.88. The second kappa shape index (κ2) is 8.18. The average molecular weight is 307 g/mol. The zero-order valence-electron chi connectivity index (χ0n) is 14.6. The van der Waals surface area contributed by atoms with Gasteiger partial charge in [0.1, 0.15) is 11.8 Å². The Labute approximate surface area is 134 Å². The molecule has 1 rings (SSSR count). The number of nitrogens with two attached hydrogens (primary N) is 1. The Balaban J connectivity index is 2.82. The smallest absolute Gasteiger partial charge is 0.326 e. The van der Waals surface area contributed by atoms with E-state index in [9.17, 15) is 4.79 Å². The first-order valence-electron chi connectivity index (χ1n) is 7.93. The van der Waals surface area contributed by atoms with E-state index in [-0.39, 0.29) is 12.7 Å². The van der Waals surface area contributed by atoms with Gasteiger partial charge in [-0.25, -0.2) is 0 Å². The SMILES string of the molecule is CC(C)c1cccc(C(C)C)c1OCOC(=O)[C@@H](N)C(C)C. The summed E-state index contributed by atoms with van der Waals surface area (Å²) in [7, 11) is 0. The zero-order chi connectivity index (χ0) is 16.9. The molecular weight excluding hydrogens is 278 g/mol. The summed E-state index contributed by atoms with van der Waals surface area (Å²) < 4.78 is 10.9. The number of rotatable bonds is 7. The van der Waals surface area contributed by atoms with Gasteiger partial charge in [0.15, 0.2) is 0 Å². The van der Waals surface area contributed by atoms with Gasteiger partial charge in [-0.15, -0.1) is 0 Å². The molecule has 0 aliphatic heterocycles. The zero-order valence-corrected chi connectivity index (χ0v) is 14.6. The van der Waals surface area contributed by atoms with E-state index in [0.717, 1.165) is 16.9 Å². The fourth-order valence-corrected chi connectivity index (χ4v) is 2.16. The van der Waals surface area contributed by atoms with Gasteiger partial charge in [0.05, 0.1) is 0 Å². The number of carbonyl (C=O) groups is 1. The van der Waals surface area contributed by atoms with Crippen LogP contribution in [0.15, 0.2) is 18.2 Å². The second-order valence-corrected chi connectivity index (χ2v) is 6.57. The van der Waals surface area contributed by atoms with Gasteiger partial charge in [-0.05, 0) is 28.9 Å². The molecule has 0 saturated carbocycles. The molecule has 0 aliphatic rings. The van der Waals surface area contributed by atoms with Crippen LogP contribution >= 0.6 is 0 Å². The molecule has 22 heavy (non-hydrogen) atoms. The molecule has 0 radical (unpaired) electrons. The Morgan fingerprint density at radius 2 is 1.55 bits per heavy atom. The van der Waals surface area contributed by atoms with Crippen molar-refractivity contribution in [3.63, 3.8) is 0 Å². The molecule has 1 aromatic rings. The first kappa shape index (κ1) is 18.5. The van der Waals surface area contributed by atoms with Crippen LogP contribution < -0.4 is 10.5 Å². The highest BCUT2D eigenvalue weighted by atomic mass is 16.7. The van der Waals surface area contributed by atoms with E-state index < -0.39 is 12.0 Å². The predicted molar refractivity (Wildman–Crippen MR) is 89.0 cm³/mol. The molecule has 0 unspecified atom stereocenters. The lowest BCUT2D eigenvalue weighted by Crippen LogP contribution is -2.37. The summed E-state index contributed by atoms with van der Waals surface area (Å²) in [6.07, 6.45) is 0. The Hall–Kier alpha value is -1.55. The third-order valence-corrected chi connectivity index (χ3v) is 3.71. The first-order valence-corrected chi connectivity index (χ1v) is 7.93. The van der Waals surface area contributed by atoms with Crippen LogP contribution in [0.25, 0.3) is 0 Å².